The zero-order chi connectivity index (χ0) is 12.8. The minimum Gasteiger partial charge on any atom is -0.492 e. The molecule has 0 spiro atoms. The molecule has 0 heterocycles. The molecule has 0 atom stereocenters. The molecule has 0 amide bonds. The SMILES string of the molecule is COc1c(OC(F)F)cccc1C(=O)CCBr. The van der Waals surface area contributed by atoms with E-state index in [1.54, 1.807) is 0 Å². The Kier molecular flexibility index (Phi) is 5.34. The minimum absolute atomic E-state index is 0.0405. The van der Waals surface area contributed by atoms with Crippen LogP contribution in [0, 0.1) is 0 Å². The van der Waals surface area contributed by atoms with E-state index in [1.807, 2.05) is 0 Å². The van der Waals surface area contributed by atoms with Gasteiger partial charge in [0.15, 0.2) is 17.3 Å². The first-order chi connectivity index (χ1) is 8.10. The first-order valence-corrected chi connectivity index (χ1v) is 5.93. The van der Waals surface area contributed by atoms with Crippen molar-refractivity contribution < 1.29 is 23.0 Å². The molecule has 3 nitrogen and oxygen atoms in total. The Hall–Kier alpha value is -1.17. The predicted molar refractivity (Wildman–Crippen MR) is 62.4 cm³/mol. The van der Waals surface area contributed by atoms with Crippen LogP contribution in [0.5, 0.6) is 11.5 Å². The second kappa shape index (κ2) is 6.54. The van der Waals surface area contributed by atoms with Gasteiger partial charge in [0.25, 0.3) is 0 Å². The molecule has 94 valence electrons. The predicted octanol–water partition coefficient (Wildman–Crippen LogP) is 3.26. The molecule has 1 aromatic rings. The highest BCUT2D eigenvalue weighted by atomic mass is 79.9. The summed E-state index contributed by atoms with van der Waals surface area (Å²) < 4.78 is 33.5. The number of ketones is 1. The summed E-state index contributed by atoms with van der Waals surface area (Å²) in [5, 5.41) is 0.495. The van der Waals surface area contributed by atoms with Gasteiger partial charge in [-0.2, -0.15) is 8.78 Å². The van der Waals surface area contributed by atoms with Crippen molar-refractivity contribution in [3.05, 3.63) is 23.8 Å². The fourth-order valence-corrected chi connectivity index (χ4v) is 1.72. The Morgan fingerprint density at radius 1 is 1.47 bits per heavy atom. The minimum atomic E-state index is -2.95. The summed E-state index contributed by atoms with van der Waals surface area (Å²) in [5.41, 5.74) is 0.241. The monoisotopic (exact) mass is 308 g/mol. The van der Waals surface area contributed by atoms with Gasteiger partial charge in [-0.1, -0.05) is 22.0 Å². The van der Waals surface area contributed by atoms with E-state index in [0.29, 0.717) is 5.33 Å². The lowest BCUT2D eigenvalue weighted by Gasteiger charge is -2.12. The molecule has 0 saturated heterocycles. The zero-order valence-corrected chi connectivity index (χ0v) is 10.7. The van der Waals surface area contributed by atoms with Crippen LogP contribution in [0.4, 0.5) is 8.78 Å². The summed E-state index contributed by atoms with van der Waals surface area (Å²) in [5.74, 6) is -0.292. The van der Waals surface area contributed by atoms with Gasteiger partial charge in [0, 0.05) is 11.8 Å². The van der Waals surface area contributed by atoms with Gasteiger partial charge in [0.1, 0.15) is 0 Å². The van der Waals surface area contributed by atoms with E-state index in [-0.39, 0.29) is 29.3 Å². The number of Topliss-reactive ketones (excluding diaryl/α,β-unsaturated/α-hetero) is 1. The number of ether oxygens (including phenoxy) is 2. The number of halogens is 3. The summed E-state index contributed by atoms with van der Waals surface area (Å²) in [6, 6.07) is 4.32. The van der Waals surface area contributed by atoms with Gasteiger partial charge >= 0.3 is 6.61 Å². The maximum atomic E-state index is 12.1. The first kappa shape index (κ1) is 13.9. The molecule has 6 heteroatoms. The van der Waals surface area contributed by atoms with Crippen molar-refractivity contribution in [3.8, 4) is 11.5 Å². The highest BCUT2D eigenvalue weighted by molar-refractivity contribution is 9.09. The van der Waals surface area contributed by atoms with Crippen molar-refractivity contribution in [2.45, 2.75) is 13.0 Å². The van der Waals surface area contributed by atoms with Crippen LogP contribution in [0.15, 0.2) is 18.2 Å². The van der Waals surface area contributed by atoms with Crippen molar-refractivity contribution >= 4 is 21.7 Å². The van der Waals surface area contributed by atoms with Crippen LogP contribution >= 0.6 is 15.9 Å². The van der Waals surface area contributed by atoms with Crippen molar-refractivity contribution in [2.24, 2.45) is 0 Å². The molecule has 17 heavy (non-hydrogen) atoms. The molecule has 1 aromatic carbocycles. The van der Waals surface area contributed by atoms with Crippen LogP contribution in [-0.2, 0) is 0 Å². The number of para-hydroxylation sites is 1. The van der Waals surface area contributed by atoms with Crippen LogP contribution in [0.3, 0.4) is 0 Å². The highest BCUT2D eigenvalue weighted by Crippen LogP contribution is 2.32. The molecular weight excluding hydrogens is 298 g/mol. The van der Waals surface area contributed by atoms with Gasteiger partial charge < -0.3 is 9.47 Å². The van der Waals surface area contributed by atoms with E-state index in [9.17, 15) is 13.6 Å². The fraction of sp³-hybridized carbons (Fsp3) is 0.364. The second-order valence-corrected chi connectivity index (χ2v) is 3.87. The third-order valence-corrected chi connectivity index (χ3v) is 2.42. The number of rotatable bonds is 6. The van der Waals surface area contributed by atoms with Gasteiger partial charge in [-0.05, 0) is 12.1 Å². The van der Waals surface area contributed by atoms with Gasteiger partial charge in [-0.3, -0.25) is 4.79 Å². The summed E-state index contributed by atoms with van der Waals surface area (Å²) in [6.07, 6.45) is 0.258. The molecule has 0 N–H and O–H groups in total. The van der Waals surface area contributed by atoms with Crippen molar-refractivity contribution in [1.29, 1.82) is 0 Å². The summed E-state index contributed by atoms with van der Waals surface area (Å²) in [7, 11) is 1.30. The molecule has 0 fully saturated rings. The molecule has 0 aliphatic rings. The molecule has 0 aromatic heterocycles. The van der Waals surface area contributed by atoms with Crippen molar-refractivity contribution in [2.75, 3.05) is 12.4 Å². The highest BCUT2D eigenvalue weighted by Gasteiger charge is 2.18. The Morgan fingerprint density at radius 2 is 2.18 bits per heavy atom. The third-order valence-electron chi connectivity index (χ3n) is 2.02. The molecule has 0 unspecified atom stereocenters. The largest absolute Gasteiger partial charge is 0.492 e. The molecule has 0 bridgehead atoms. The quantitative estimate of drug-likeness (QED) is 0.598. The van der Waals surface area contributed by atoms with Crippen LogP contribution < -0.4 is 9.47 Å². The van der Waals surface area contributed by atoms with Gasteiger partial charge in [0.05, 0.1) is 12.7 Å². The van der Waals surface area contributed by atoms with Crippen LogP contribution in [-0.4, -0.2) is 24.8 Å². The van der Waals surface area contributed by atoms with E-state index in [1.165, 1.54) is 25.3 Å². The standard InChI is InChI=1S/C11H11BrF2O3/c1-16-10-7(8(15)5-6-12)3-2-4-9(10)17-11(13)14/h2-4,11H,5-6H2,1H3. The van der Waals surface area contributed by atoms with E-state index in [0.717, 1.165) is 0 Å². The molecule has 0 aliphatic heterocycles. The number of hydrogen-bond donors (Lipinski definition) is 0. The molecular formula is C11H11BrF2O3. The topological polar surface area (TPSA) is 35.5 Å². The van der Waals surface area contributed by atoms with Gasteiger partial charge in [-0.15, -0.1) is 0 Å². The Bertz CT molecular complexity index is 396. The van der Waals surface area contributed by atoms with Crippen LogP contribution in [0.1, 0.15) is 16.8 Å². The fourth-order valence-electron chi connectivity index (χ4n) is 1.36. The van der Waals surface area contributed by atoms with Crippen molar-refractivity contribution in [1.82, 2.24) is 0 Å². The van der Waals surface area contributed by atoms with E-state index >= 15 is 0 Å². The zero-order valence-electron chi connectivity index (χ0n) is 9.08. The maximum Gasteiger partial charge on any atom is 0.387 e. The molecule has 0 radical (unpaired) electrons. The smallest absolute Gasteiger partial charge is 0.387 e. The maximum absolute atomic E-state index is 12.1. The van der Waals surface area contributed by atoms with Crippen LogP contribution in [0.2, 0.25) is 0 Å². The normalized spacial score (nSPS) is 10.4. The second-order valence-electron chi connectivity index (χ2n) is 3.08. The number of methoxy groups -OCH3 is 1. The molecule has 0 saturated carbocycles. The van der Waals surface area contributed by atoms with Gasteiger partial charge in [0.2, 0.25) is 0 Å². The summed E-state index contributed by atoms with van der Waals surface area (Å²) in [6.45, 7) is -2.95. The first-order valence-electron chi connectivity index (χ1n) is 4.81. The van der Waals surface area contributed by atoms with Crippen molar-refractivity contribution in [3.63, 3.8) is 0 Å². The number of hydrogen-bond acceptors (Lipinski definition) is 3. The van der Waals surface area contributed by atoms with E-state index < -0.39 is 6.61 Å². The Morgan fingerprint density at radius 3 is 2.71 bits per heavy atom. The Balaban J connectivity index is 3.09. The van der Waals surface area contributed by atoms with Gasteiger partial charge in [-0.25, -0.2) is 0 Å². The number of carbonyl (C=O) groups excluding carboxylic acids is 1. The van der Waals surface area contributed by atoms with E-state index in [4.69, 9.17) is 4.74 Å². The summed E-state index contributed by atoms with van der Waals surface area (Å²) >= 11 is 3.14. The average Bonchev–Trinajstić information content (AvgIpc) is 2.28. The Labute approximate surface area is 106 Å². The average molecular weight is 309 g/mol. The van der Waals surface area contributed by atoms with E-state index in [2.05, 4.69) is 20.7 Å². The molecule has 1 rings (SSSR count). The molecule has 0 aliphatic carbocycles. The number of benzene rings is 1. The lowest BCUT2D eigenvalue weighted by Crippen LogP contribution is -2.07. The number of carbonyl (C=O) groups is 1. The number of alkyl halides is 3. The summed E-state index contributed by atoms with van der Waals surface area (Å²) in [4.78, 5) is 11.7. The third kappa shape index (κ3) is 3.66. The lowest BCUT2D eigenvalue weighted by atomic mass is 10.1. The van der Waals surface area contributed by atoms with Crippen LogP contribution in [0.25, 0.3) is 0 Å². The lowest BCUT2D eigenvalue weighted by molar-refractivity contribution is -0.0512.